The molecular weight excluding hydrogens is 236 g/mol. The highest BCUT2D eigenvalue weighted by Gasteiger charge is 1.88. The molecule has 1 atom stereocenters. The Bertz CT molecular complexity index is 75.1. The van der Waals surface area contributed by atoms with Crippen molar-refractivity contribution in [1.29, 1.82) is 0 Å². The van der Waals surface area contributed by atoms with Gasteiger partial charge in [0.05, 0.1) is 6.61 Å². The maximum Gasteiger partial charge on any atom is 0.0587 e. The summed E-state index contributed by atoms with van der Waals surface area (Å²) in [6.07, 6.45) is 3.72. The van der Waals surface area contributed by atoms with Crippen LogP contribution >= 0.6 is 0 Å². The van der Waals surface area contributed by atoms with Crippen molar-refractivity contribution in [2.24, 2.45) is 5.73 Å². The van der Waals surface area contributed by atoms with Crippen LogP contribution in [0.5, 0.6) is 0 Å². The van der Waals surface area contributed by atoms with Crippen molar-refractivity contribution in [3.05, 3.63) is 0 Å². The minimum absolute atomic E-state index is 0.403. The lowest BCUT2D eigenvalue weighted by molar-refractivity contribution is 0.201. The van der Waals surface area contributed by atoms with Gasteiger partial charge in [-0.05, 0) is 20.4 Å². The molecule has 0 aromatic heterocycles. The van der Waals surface area contributed by atoms with E-state index in [-0.39, 0.29) is 0 Å². The summed E-state index contributed by atoms with van der Waals surface area (Å²) < 4.78 is 4.72. The fraction of sp³-hybridized carbons (Fsp3) is 1.00. The normalized spacial score (nSPS) is 9.00. The van der Waals surface area contributed by atoms with Crippen LogP contribution in [0.15, 0.2) is 0 Å². The summed E-state index contributed by atoms with van der Waals surface area (Å²) in [5.41, 5.74) is 5.48. The molecule has 3 nitrogen and oxygen atoms in total. The van der Waals surface area contributed by atoms with Crippen molar-refractivity contribution < 1.29 is 4.74 Å². The summed E-state index contributed by atoms with van der Waals surface area (Å²) in [6, 6.07) is 0.403. The lowest BCUT2D eigenvalue weighted by atomic mass is 10.2. The molecule has 3 N–H and O–H groups in total. The quantitative estimate of drug-likeness (QED) is 0.706. The first-order valence-electron chi connectivity index (χ1n) is 8.08. The molecule has 0 rings (SSSR count). The van der Waals surface area contributed by atoms with Crippen molar-refractivity contribution in [1.82, 2.24) is 5.32 Å². The molecule has 3 heteroatoms. The Kier molecular flexibility index (Phi) is 86.1. The second-order valence-corrected chi connectivity index (χ2v) is 3.22. The van der Waals surface area contributed by atoms with Crippen LogP contribution in [0.3, 0.4) is 0 Å². The van der Waals surface area contributed by atoms with Gasteiger partial charge in [0.2, 0.25) is 0 Å². The van der Waals surface area contributed by atoms with E-state index in [4.69, 9.17) is 10.5 Å². The molecular formula is C16H44N2O. The Hall–Kier alpha value is -0.120. The molecule has 0 aliphatic heterocycles. The van der Waals surface area contributed by atoms with Gasteiger partial charge in [-0.15, -0.1) is 0 Å². The maximum atomic E-state index is 5.48. The van der Waals surface area contributed by atoms with Crippen molar-refractivity contribution in [2.75, 3.05) is 27.3 Å². The van der Waals surface area contributed by atoms with Crippen LogP contribution in [0.25, 0.3) is 0 Å². The van der Waals surface area contributed by atoms with Crippen LogP contribution in [0.4, 0.5) is 0 Å². The number of hydrogen-bond donors (Lipinski definition) is 2. The molecule has 0 saturated carbocycles. The Labute approximate surface area is 124 Å². The third-order valence-electron chi connectivity index (χ3n) is 1.57. The number of methoxy groups -OCH3 is 1. The molecule has 0 aromatic carbocycles. The third-order valence-corrected chi connectivity index (χ3v) is 1.57. The molecule has 0 aliphatic carbocycles. The molecule has 0 heterocycles. The van der Waals surface area contributed by atoms with Gasteiger partial charge >= 0.3 is 0 Å². The highest BCUT2D eigenvalue weighted by molar-refractivity contribution is 4.50. The number of unbranched alkanes of at least 4 members (excludes halogenated alkanes) is 1. The van der Waals surface area contributed by atoms with Gasteiger partial charge in [0, 0.05) is 19.7 Å². The fourth-order valence-corrected chi connectivity index (χ4v) is 0.730. The van der Waals surface area contributed by atoms with Gasteiger partial charge < -0.3 is 15.8 Å². The number of ether oxygens (including phenoxy) is 1. The summed E-state index contributed by atoms with van der Waals surface area (Å²) >= 11 is 0. The zero-order valence-electron chi connectivity index (χ0n) is 15.6. The van der Waals surface area contributed by atoms with E-state index in [1.54, 1.807) is 7.11 Å². The van der Waals surface area contributed by atoms with Crippen LogP contribution in [0.2, 0.25) is 0 Å². The molecule has 0 spiro atoms. The molecule has 0 fully saturated rings. The lowest BCUT2D eigenvalue weighted by Gasteiger charge is -1.99. The van der Waals surface area contributed by atoms with Gasteiger partial charge in [0.1, 0.15) is 0 Å². The Morgan fingerprint density at radius 1 is 1.05 bits per heavy atom. The second kappa shape index (κ2) is 52.2. The molecule has 1 unspecified atom stereocenters. The van der Waals surface area contributed by atoms with Crippen molar-refractivity contribution in [3.8, 4) is 0 Å². The number of hydrogen-bond acceptors (Lipinski definition) is 3. The highest BCUT2D eigenvalue weighted by Crippen LogP contribution is 1.95. The summed E-state index contributed by atoms with van der Waals surface area (Å²) in [5.74, 6) is 0. The zero-order valence-corrected chi connectivity index (χ0v) is 15.6. The van der Waals surface area contributed by atoms with Crippen LogP contribution in [0, 0.1) is 0 Å². The molecule has 0 saturated heterocycles. The topological polar surface area (TPSA) is 47.3 Å². The smallest absolute Gasteiger partial charge is 0.0587 e. The third kappa shape index (κ3) is 95.3. The molecule has 0 aliphatic rings. The van der Waals surface area contributed by atoms with E-state index in [0.29, 0.717) is 6.04 Å². The van der Waals surface area contributed by atoms with Gasteiger partial charge in [-0.3, -0.25) is 0 Å². The summed E-state index contributed by atoms with van der Waals surface area (Å²) in [7, 11) is 3.59. The van der Waals surface area contributed by atoms with E-state index in [1.807, 2.05) is 48.6 Å². The highest BCUT2D eigenvalue weighted by atomic mass is 16.5. The Morgan fingerprint density at radius 2 is 1.47 bits per heavy atom. The van der Waals surface area contributed by atoms with Crippen molar-refractivity contribution >= 4 is 0 Å². The SMILES string of the molecule is CC.CC.CC.CCCCC(C)N.CNCCOC. The van der Waals surface area contributed by atoms with E-state index in [1.165, 1.54) is 19.3 Å². The van der Waals surface area contributed by atoms with Crippen LogP contribution in [-0.4, -0.2) is 33.4 Å². The molecule has 0 bridgehead atoms. The van der Waals surface area contributed by atoms with E-state index in [0.717, 1.165) is 13.2 Å². The summed E-state index contributed by atoms with van der Waals surface area (Å²) in [5, 5.41) is 2.94. The van der Waals surface area contributed by atoms with Crippen LogP contribution < -0.4 is 11.1 Å². The maximum absolute atomic E-state index is 5.48. The largest absolute Gasteiger partial charge is 0.383 e. The fourth-order valence-electron chi connectivity index (χ4n) is 0.730. The molecule has 0 amide bonds. The zero-order chi connectivity index (χ0) is 16.5. The first kappa shape index (κ1) is 31.3. The molecule has 19 heavy (non-hydrogen) atoms. The number of nitrogens with one attached hydrogen (secondary N) is 1. The first-order valence-corrected chi connectivity index (χ1v) is 8.08. The van der Waals surface area contributed by atoms with E-state index in [9.17, 15) is 0 Å². The first-order chi connectivity index (χ1) is 9.18. The van der Waals surface area contributed by atoms with Gasteiger partial charge in [-0.1, -0.05) is 61.3 Å². The van der Waals surface area contributed by atoms with E-state index < -0.39 is 0 Å². The predicted octanol–water partition coefficient (Wildman–Crippen LogP) is 4.45. The second-order valence-electron chi connectivity index (χ2n) is 3.22. The number of nitrogens with two attached hydrogens (primary N) is 1. The summed E-state index contributed by atoms with van der Waals surface area (Å²) in [6.45, 7) is 18.0. The Balaban J connectivity index is -0.0000000495. The van der Waals surface area contributed by atoms with Crippen LogP contribution in [-0.2, 0) is 4.74 Å². The van der Waals surface area contributed by atoms with Gasteiger partial charge in [-0.25, -0.2) is 0 Å². The minimum atomic E-state index is 0.403. The standard InChI is InChI=1S/C6H15N.C4H11NO.3C2H6/c1-3-4-5-6(2)7;1-5-3-4-6-2;3*1-2/h6H,3-5,7H2,1-2H3;5H,3-4H2,1-2H3;3*1-2H3. The van der Waals surface area contributed by atoms with Gasteiger partial charge in [0.15, 0.2) is 0 Å². The van der Waals surface area contributed by atoms with Gasteiger partial charge in [-0.2, -0.15) is 0 Å². The van der Waals surface area contributed by atoms with Crippen molar-refractivity contribution in [3.63, 3.8) is 0 Å². The molecule has 0 aromatic rings. The summed E-state index contributed by atoms with van der Waals surface area (Å²) in [4.78, 5) is 0. The average Bonchev–Trinajstić information content (AvgIpc) is 2.49. The number of likely N-dealkylation sites (N-methyl/N-ethyl adjacent to an activating group) is 1. The van der Waals surface area contributed by atoms with E-state index in [2.05, 4.69) is 19.2 Å². The van der Waals surface area contributed by atoms with Gasteiger partial charge in [0.25, 0.3) is 0 Å². The molecule has 124 valence electrons. The number of rotatable bonds is 6. The van der Waals surface area contributed by atoms with Crippen LogP contribution in [0.1, 0.15) is 74.7 Å². The average molecular weight is 281 g/mol. The predicted molar refractivity (Wildman–Crippen MR) is 93.0 cm³/mol. The van der Waals surface area contributed by atoms with Crippen molar-refractivity contribution in [2.45, 2.75) is 80.7 Å². The monoisotopic (exact) mass is 280 g/mol. The van der Waals surface area contributed by atoms with E-state index >= 15 is 0 Å². The minimum Gasteiger partial charge on any atom is -0.383 e. The lowest BCUT2D eigenvalue weighted by Crippen LogP contribution is -2.13. The molecule has 0 radical (unpaired) electrons. The Morgan fingerprint density at radius 3 is 1.58 bits per heavy atom.